The maximum Gasteiger partial charge on any atom is 0.305 e. The molecule has 36 heavy (non-hydrogen) atoms. The molecule has 1 aliphatic rings. The molecule has 0 bridgehead atoms. The number of aromatic nitrogens is 1. The number of aryl methyl sites for hydroxylation is 1. The smallest absolute Gasteiger partial charge is 0.305 e. The first-order valence-electron chi connectivity index (χ1n) is 12.8. The zero-order valence-corrected chi connectivity index (χ0v) is 22.0. The van der Waals surface area contributed by atoms with Crippen molar-refractivity contribution in [3.8, 4) is 11.1 Å². The third-order valence-corrected chi connectivity index (χ3v) is 7.79. The Labute approximate surface area is 217 Å². The Morgan fingerprint density at radius 3 is 2.61 bits per heavy atom. The van der Waals surface area contributed by atoms with E-state index in [0.29, 0.717) is 18.0 Å². The van der Waals surface area contributed by atoms with E-state index < -0.39 is 0 Å². The summed E-state index contributed by atoms with van der Waals surface area (Å²) in [4.78, 5) is 31.5. The van der Waals surface area contributed by atoms with E-state index in [0.717, 1.165) is 79.1 Å². The average molecular weight is 506 g/mol. The number of piperidine rings is 1. The monoisotopic (exact) mass is 505 g/mol. The zero-order valence-electron chi connectivity index (χ0n) is 21.2. The highest BCUT2D eigenvalue weighted by molar-refractivity contribution is 7.10. The van der Waals surface area contributed by atoms with Crippen molar-refractivity contribution in [2.45, 2.75) is 51.4 Å². The van der Waals surface area contributed by atoms with Crippen LogP contribution in [0.4, 0.5) is 5.69 Å². The van der Waals surface area contributed by atoms with Crippen molar-refractivity contribution in [1.82, 2.24) is 9.88 Å². The largest absolute Gasteiger partial charge is 0.469 e. The van der Waals surface area contributed by atoms with Gasteiger partial charge < -0.3 is 15.0 Å². The van der Waals surface area contributed by atoms with E-state index in [1.807, 2.05) is 35.7 Å². The van der Waals surface area contributed by atoms with Crippen molar-refractivity contribution in [2.24, 2.45) is 0 Å². The normalized spacial score (nSPS) is 14.5. The predicted octanol–water partition coefficient (Wildman–Crippen LogP) is 6.28. The fourth-order valence-corrected chi connectivity index (χ4v) is 5.65. The highest BCUT2D eigenvalue weighted by atomic mass is 32.1. The highest BCUT2D eigenvalue weighted by Gasteiger charge is 2.24. The standard InChI is InChI=1S/C29H35N3O3S/c1-21-12-13-25(24(19-21)22-9-5-3-6-10-22)30-28(34)26-20-36-29(31-26)23-14-17-32(18-15-23)16-8-4-7-11-27(33)35-2/h3,5-6,9-10,12-13,19-20,23H,4,7-8,11,14-18H2,1-2H3,(H,30,34). The van der Waals surface area contributed by atoms with Crippen LogP contribution in [0.2, 0.25) is 0 Å². The molecule has 3 aromatic rings. The molecule has 2 aromatic carbocycles. The molecule has 1 N–H and O–H groups in total. The number of carbonyl (C=O) groups is 2. The fraction of sp³-hybridized carbons (Fsp3) is 0.414. The molecular formula is C29H35N3O3S. The first-order chi connectivity index (χ1) is 17.5. The van der Waals surface area contributed by atoms with Gasteiger partial charge in [0.2, 0.25) is 0 Å². The van der Waals surface area contributed by atoms with Gasteiger partial charge in [0.1, 0.15) is 5.69 Å². The molecule has 0 aliphatic carbocycles. The topological polar surface area (TPSA) is 71.5 Å². The third kappa shape index (κ3) is 7.02. The Hall–Kier alpha value is -3.03. The number of anilines is 1. The molecule has 0 saturated carbocycles. The van der Waals surface area contributed by atoms with Crippen molar-refractivity contribution >= 4 is 28.9 Å². The molecule has 1 aliphatic heterocycles. The second-order valence-corrected chi connectivity index (χ2v) is 10.3. The Morgan fingerprint density at radius 1 is 1.08 bits per heavy atom. The first-order valence-corrected chi connectivity index (χ1v) is 13.6. The van der Waals surface area contributed by atoms with Crippen molar-refractivity contribution in [3.63, 3.8) is 0 Å². The molecule has 190 valence electrons. The van der Waals surface area contributed by atoms with Crippen LogP contribution in [-0.2, 0) is 9.53 Å². The fourth-order valence-electron chi connectivity index (χ4n) is 4.68. The van der Waals surface area contributed by atoms with Crippen LogP contribution in [-0.4, -0.2) is 48.5 Å². The lowest BCUT2D eigenvalue weighted by Gasteiger charge is -2.31. The SMILES string of the molecule is COC(=O)CCCCCN1CCC(c2nc(C(=O)Nc3ccc(C)cc3-c3ccccc3)cs2)CC1. The molecule has 1 saturated heterocycles. The summed E-state index contributed by atoms with van der Waals surface area (Å²) in [6.07, 6.45) is 5.68. The van der Waals surface area contributed by atoms with E-state index in [9.17, 15) is 9.59 Å². The van der Waals surface area contributed by atoms with Crippen LogP contribution in [0.25, 0.3) is 11.1 Å². The number of nitrogens with one attached hydrogen (secondary N) is 1. The second-order valence-electron chi connectivity index (χ2n) is 9.44. The average Bonchev–Trinajstić information content (AvgIpc) is 3.41. The Morgan fingerprint density at radius 2 is 1.86 bits per heavy atom. The maximum atomic E-state index is 13.1. The second kappa shape index (κ2) is 12.8. The number of amides is 1. The van der Waals surface area contributed by atoms with Gasteiger partial charge in [-0.3, -0.25) is 9.59 Å². The molecule has 1 amide bonds. The predicted molar refractivity (Wildman–Crippen MR) is 146 cm³/mol. The number of esters is 1. The number of rotatable bonds is 10. The van der Waals surface area contributed by atoms with Crippen LogP contribution in [0, 0.1) is 6.92 Å². The van der Waals surface area contributed by atoms with Gasteiger partial charge >= 0.3 is 5.97 Å². The summed E-state index contributed by atoms with van der Waals surface area (Å²) in [7, 11) is 1.44. The van der Waals surface area contributed by atoms with Gasteiger partial charge in [-0.1, -0.05) is 48.4 Å². The summed E-state index contributed by atoms with van der Waals surface area (Å²) in [5.74, 6) is 0.122. The molecule has 2 heterocycles. The highest BCUT2D eigenvalue weighted by Crippen LogP contribution is 2.32. The van der Waals surface area contributed by atoms with Crippen molar-refractivity contribution in [2.75, 3.05) is 32.1 Å². The molecule has 0 unspecified atom stereocenters. The van der Waals surface area contributed by atoms with Crippen molar-refractivity contribution in [3.05, 3.63) is 70.2 Å². The van der Waals surface area contributed by atoms with Gasteiger partial charge in [0.15, 0.2) is 0 Å². The molecular weight excluding hydrogens is 470 g/mol. The third-order valence-electron chi connectivity index (χ3n) is 6.78. The molecule has 1 aromatic heterocycles. The summed E-state index contributed by atoms with van der Waals surface area (Å²) in [5, 5.41) is 6.03. The minimum atomic E-state index is -0.164. The summed E-state index contributed by atoms with van der Waals surface area (Å²) < 4.78 is 4.70. The summed E-state index contributed by atoms with van der Waals surface area (Å²) in [6.45, 7) is 5.22. The van der Waals surface area contributed by atoms with Crippen molar-refractivity contribution in [1.29, 1.82) is 0 Å². The molecule has 0 atom stereocenters. The molecule has 6 nitrogen and oxygen atoms in total. The molecule has 0 radical (unpaired) electrons. The van der Waals surface area contributed by atoms with Gasteiger partial charge in [0.25, 0.3) is 5.91 Å². The van der Waals surface area contributed by atoms with Gasteiger partial charge in [-0.2, -0.15) is 0 Å². The van der Waals surface area contributed by atoms with Gasteiger partial charge in [-0.05, 0) is 69.9 Å². The summed E-state index contributed by atoms with van der Waals surface area (Å²) in [5.41, 5.74) is 4.52. The quantitative estimate of drug-likeness (QED) is 0.259. The number of carbonyl (C=O) groups excluding carboxylic acids is 2. The van der Waals surface area contributed by atoms with E-state index >= 15 is 0 Å². The number of hydrogen-bond acceptors (Lipinski definition) is 6. The van der Waals surface area contributed by atoms with E-state index in [2.05, 4.69) is 35.3 Å². The van der Waals surface area contributed by atoms with Gasteiger partial charge in [-0.15, -0.1) is 11.3 Å². The number of methoxy groups -OCH3 is 1. The number of benzene rings is 2. The van der Waals surface area contributed by atoms with Gasteiger partial charge in [0.05, 0.1) is 12.1 Å². The van der Waals surface area contributed by atoms with Gasteiger partial charge in [-0.25, -0.2) is 4.98 Å². The van der Waals surface area contributed by atoms with Crippen LogP contribution >= 0.6 is 11.3 Å². The Kier molecular flexibility index (Phi) is 9.25. The number of nitrogens with zero attached hydrogens (tertiary/aromatic N) is 2. The number of likely N-dealkylation sites (tertiary alicyclic amines) is 1. The number of ether oxygens (including phenoxy) is 1. The van der Waals surface area contributed by atoms with Crippen LogP contribution in [0.15, 0.2) is 53.9 Å². The lowest BCUT2D eigenvalue weighted by atomic mass is 9.97. The van der Waals surface area contributed by atoms with Crippen LogP contribution in [0.5, 0.6) is 0 Å². The van der Waals surface area contributed by atoms with E-state index in [1.165, 1.54) is 7.11 Å². The Balaban J connectivity index is 1.29. The van der Waals surface area contributed by atoms with Crippen LogP contribution in [0.3, 0.4) is 0 Å². The van der Waals surface area contributed by atoms with Crippen molar-refractivity contribution < 1.29 is 14.3 Å². The molecule has 1 fully saturated rings. The molecule has 4 rings (SSSR count). The number of unbranched alkanes of at least 4 members (excludes halogenated alkanes) is 2. The Bertz CT molecular complexity index is 1150. The number of hydrogen-bond donors (Lipinski definition) is 1. The molecule has 0 spiro atoms. The lowest BCUT2D eigenvalue weighted by molar-refractivity contribution is -0.140. The summed E-state index contributed by atoms with van der Waals surface area (Å²) in [6, 6.07) is 16.2. The van der Waals surface area contributed by atoms with E-state index in [4.69, 9.17) is 9.72 Å². The minimum absolute atomic E-state index is 0.122. The maximum absolute atomic E-state index is 13.1. The number of thiazole rings is 1. The van der Waals surface area contributed by atoms with Crippen LogP contribution < -0.4 is 5.32 Å². The minimum Gasteiger partial charge on any atom is -0.469 e. The zero-order chi connectivity index (χ0) is 25.3. The lowest BCUT2D eigenvalue weighted by Crippen LogP contribution is -2.33. The summed E-state index contributed by atoms with van der Waals surface area (Å²) >= 11 is 1.59. The first kappa shape index (κ1) is 26.0. The van der Waals surface area contributed by atoms with Crippen LogP contribution in [0.1, 0.15) is 65.5 Å². The van der Waals surface area contributed by atoms with E-state index in [-0.39, 0.29) is 11.9 Å². The van der Waals surface area contributed by atoms with E-state index in [1.54, 1.807) is 11.3 Å². The molecule has 7 heteroatoms. The van der Waals surface area contributed by atoms with Gasteiger partial charge in [0, 0.05) is 29.0 Å².